The van der Waals surface area contributed by atoms with Crippen LogP contribution in [0, 0.1) is 5.82 Å². The molecule has 0 amide bonds. The van der Waals surface area contributed by atoms with E-state index in [1.54, 1.807) is 16.9 Å². The van der Waals surface area contributed by atoms with Crippen LogP contribution >= 0.6 is 0 Å². The van der Waals surface area contributed by atoms with Crippen LogP contribution in [-0.2, 0) is 0 Å². The maximum absolute atomic E-state index is 13.6. The maximum Gasteiger partial charge on any atom is 0.166 e. The lowest BCUT2D eigenvalue weighted by molar-refractivity contribution is 0.112. The maximum atomic E-state index is 13.6. The Bertz CT molecular complexity index is 797. The van der Waals surface area contributed by atoms with Crippen LogP contribution in [0.3, 0.4) is 0 Å². The molecular formula is C16H11FN2O2. The zero-order valence-electron chi connectivity index (χ0n) is 10.9. The second kappa shape index (κ2) is 5.20. The summed E-state index contributed by atoms with van der Waals surface area (Å²) in [5.74, 6) is -1.49. The highest BCUT2D eigenvalue weighted by atomic mass is 19.1. The van der Waals surface area contributed by atoms with Crippen LogP contribution in [0.5, 0.6) is 5.75 Å². The number of carbonyl (C=O) groups excluding carboxylic acids is 1. The number of aldehydes is 1. The van der Waals surface area contributed by atoms with Gasteiger partial charge in [-0.2, -0.15) is 5.10 Å². The molecule has 0 aliphatic heterocycles. The van der Waals surface area contributed by atoms with Crippen molar-refractivity contribution in [2.24, 2.45) is 0 Å². The van der Waals surface area contributed by atoms with Crippen molar-refractivity contribution in [1.29, 1.82) is 0 Å². The van der Waals surface area contributed by atoms with Gasteiger partial charge in [-0.25, -0.2) is 9.07 Å². The third-order valence-corrected chi connectivity index (χ3v) is 3.13. The topological polar surface area (TPSA) is 55.1 Å². The number of aromatic nitrogens is 2. The van der Waals surface area contributed by atoms with Gasteiger partial charge in [0.05, 0.1) is 16.9 Å². The van der Waals surface area contributed by atoms with Gasteiger partial charge in [-0.05, 0) is 30.3 Å². The summed E-state index contributed by atoms with van der Waals surface area (Å²) in [6.07, 6.45) is 2.16. The van der Waals surface area contributed by atoms with Gasteiger partial charge in [-0.1, -0.05) is 18.2 Å². The number of hydrogen-bond donors (Lipinski definition) is 1. The van der Waals surface area contributed by atoms with E-state index in [0.29, 0.717) is 17.5 Å². The Hall–Kier alpha value is -2.95. The summed E-state index contributed by atoms with van der Waals surface area (Å²) in [6.45, 7) is 0. The van der Waals surface area contributed by atoms with Gasteiger partial charge in [-0.3, -0.25) is 4.79 Å². The van der Waals surface area contributed by atoms with E-state index in [9.17, 15) is 14.3 Å². The zero-order valence-corrected chi connectivity index (χ0v) is 10.9. The summed E-state index contributed by atoms with van der Waals surface area (Å²) < 4.78 is 15.3. The number of nitrogens with zero attached hydrogens (tertiary/aromatic N) is 2. The number of aromatic hydroxyl groups is 1. The number of carbonyl (C=O) groups is 1. The van der Waals surface area contributed by atoms with Crippen molar-refractivity contribution >= 4 is 6.29 Å². The summed E-state index contributed by atoms with van der Waals surface area (Å²) in [6, 6.07) is 13.7. The molecule has 5 heteroatoms. The van der Waals surface area contributed by atoms with Crippen LogP contribution in [0.4, 0.5) is 4.39 Å². The lowest BCUT2D eigenvalue weighted by Gasteiger charge is -2.03. The Labute approximate surface area is 120 Å². The molecule has 0 radical (unpaired) electrons. The molecule has 0 spiro atoms. The summed E-state index contributed by atoms with van der Waals surface area (Å²) >= 11 is 0. The molecule has 0 saturated heterocycles. The third-order valence-electron chi connectivity index (χ3n) is 3.13. The Kier molecular flexibility index (Phi) is 3.23. The van der Waals surface area contributed by atoms with Gasteiger partial charge in [0.1, 0.15) is 0 Å². The summed E-state index contributed by atoms with van der Waals surface area (Å²) in [5.41, 5.74) is 1.72. The van der Waals surface area contributed by atoms with Crippen molar-refractivity contribution in [3.8, 4) is 22.7 Å². The van der Waals surface area contributed by atoms with Crippen LogP contribution in [-0.4, -0.2) is 21.2 Å². The molecule has 0 unspecified atom stereocenters. The van der Waals surface area contributed by atoms with E-state index in [4.69, 9.17) is 0 Å². The predicted molar refractivity (Wildman–Crippen MR) is 76.0 cm³/mol. The number of halogens is 1. The fourth-order valence-electron chi connectivity index (χ4n) is 2.06. The van der Waals surface area contributed by atoms with Crippen molar-refractivity contribution < 1.29 is 14.3 Å². The summed E-state index contributed by atoms with van der Waals surface area (Å²) in [7, 11) is 0. The van der Waals surface area contributed by atoms with Gasteiger partial charge in [0.15, 0.2) is 17.9 Å². The van der Waals surface area contributed by atoms with Crippen LogP contribution in [0.1, 0.15) is 10.4 Å². The molecule has 0 saturated carbocycles. The molecule has 3 rings (SSSR count). The highest BCUT2D eigenvalue weighted by molar-refractivity contribution is 5.82. The Morgan fingerprint density at radius 3 is 2.62 bits per heavy atom. The molecular weight excluding hydrogens is 271 g/mol. The SMILES string of the molecule is O=Cc1cc(-c2ccn(-c3ccccc3)n2)cc(F)c1O. The fraction of sp³-hybridized carbons (Fsp3) is 0. The van der Waals surface area contributed by atoms with E-state index >= 15 is 0 Å². The number of phenolic OH excluding ortho intramolecular Hbond substituents is 1. The van der Waals surface area contributed by atoms with Crippen LogP contribution in [0.25, 0.3) is 16.9 Å². The number of benzene rings is 2. The second-order valence-electron chi connectivity index (χ2n) is 4.49. The highest BCUT2D eigenvalue weighted by Crippen LogP contribution is 2.27. The predicted octanol–water partition coefficient (Wildman–Crippen LogP) is 3.20. The van der Waals surface area contributed by atoms with Crippen molar-refractivity contribution in [3.63, 3.8) is 0 Å². The highest BCUT2D eigenvalue weighted by Gasteiger charge is 2.12. The lowest BCUT2D eigenvalue weighted by Crippen LogP contribution is -1.95. The van der Waals surface area contributed by atoms with Gasteiger partial charge in [0.2, 0.25) is 0 Å². The van der Waals surface area contributed by atoms with Gasteiger partial charge in [0.25, 0.3) is 0 Å². The number of rotatable bonds is 3. The normalized spacial score (nSPS) is 10.5. The monoisotopic (exact) mass is 282 g/mol. The Morgan fingerprint density at radius 2 is 1.90 bits per heavy atom. The van der Waals surface area contributed by atoms with Crippen molar-refractivity contribution in [3.05, 3.63) is 66.1 Å². The fourth-order valence-corrected chi connectivity index (χ4v) is 2.06. The van der Waals surface area contributed by atoms with Crippen molar-refractivity contribution in [1.82, 2.24) is 9.78 Å². The van der Waals surface area contributed by atoms with E-state index in [0.717, 1.165) is 11.8 Å². The largest absolute Gasteiger partial charge is 0.504 e. The molecule has 1 aromatic heterocycles. The Morgan fingerprint density at radius 1 is 1.14 bits per heavy atom. The van der Waals surface area contributed by atoms with E-state index in [2.05, 4.69) is 5.10 Å². The van der Waals surface area contributed by atoms with Crippen LogP contribution in [0.15, 0.2) is 54.7 Å². The molecule has 21 heavy (non-hydrogen) atoms. The smallest absolute Gasteiger partial charge is 0.166 e. The molecule has 0 aliphatic carbocycles. The summed E-state index contributed by atoms with van der Waals surface area (Å²) in [4.78, 5) is 10.8. The minimum absolute atomic E-state index is 0.0979. The van der Waals surface area contributed by atoms with Crippen LogP contribution < -0.4 is 0 Å². The molecule has 2 aromatic carbocycles. The van der Waals surface area contributed by atoms with E-state index in [-0.39, 0.29) is 5.56 Å². The first-order valence-corrected chi connectivity index (χ1v) is 6.28. The number of phenols is 1. The molecule has 1 heterocycles. The third kappa shape index (κ3) is 2.41. The average molecular weight is 282 g/mol. The molecule has 0 atom stereocenters. The molecule has 104 valence electrons. The second-order valence-corrected chi connectivity index (χ2v) is 4.49. The van der Waals surface area contributed by atoms with Gasteiger partial charge >= 0.3 is 0 Å². The summed E-state index contributed by atoms with van der Waals surface area (Å²) in [5, 5.41) is 13.8. The Balaban J connectivity index is 2.05. The van der Waals surface area contributed by atoms with Crippen molar-refractivity contribution in [2.75, 3.05) is 0 Å². The minimum atomic E-state index is -0.844. The molecule has 1 N–H and O–H groups in total. The first kappa shape index (κ1) is 13.1. The number of para-hydroxylation sites is 1. The molecule has 0 bridgehead atoms. The molecule has 0 aliphatic rings. The average Bonchev–Trinajstić information content (AvgIpc) is 3.00. The van der Waals surface area contributed by atoms with E-state index in [1.165, 1.54) is 6.07 Å². The standard InChI is InChI=1S/C16H11FN2O2/c17-14-9-11(8-12(10-20)16(14)21)15-6-7-19(18-15)13-4-2-1-3-5-13/h1-10,21H. The first-order valence-electron chi connectivity index (χ1n) is 6.28. The first-order chi connectivity index (χ1) is 10.2. The van der Waals surface area contributed by atoms with E-state index < -0.39 is 11.6 Å². The zero-order chi connectivity index (χ0) is 14.8. The van der Waals surface area contributed by atoms with Gasteiger partial charge in [0, 0.05) is 11.8 Å². The molecule has 4 nitrogen and oxygen atoms in total. The van der Waals surface area contributed by atoms with Gasteiger partial charge < -0.3 is 5.11 Å². The minimum Gasteiger partial charge on any atom is -0.504 e. The van der Waals surface area contributed by atoms with Crippen molar-refractivity contribution in [2.45, 2.75) is 0 Å². The van der Waals surface area contributed by atoms with E-state index in [1.807, 2.05) is 30.3 Å². The number of hydrogen-bond acceptors (Lipinski definition) is 3. The quantitative estimate of drug-likeness (QED) is 0.750. The molecule has 0 fully saturated rings. The lowest BCUT2D eigenvalue weighted by atomic mass is 10.1. The molecule has 3 aromatic rings. The van der Waals surface area contributed by atoms with Gasteiger partial charge in [-0.15, -0.1) is 0 Å². The van der Waals surface area contributed by atoms with Crippen LogP contribution in [0.2, 0.25) is 0 Å².